The van der Waals surface area contributed by atoms with Gasteiger partial charge < -0.3 is 10.2 Å². The van der Waals surface area contributed by atoms with Gasteiger partial charge in [-0.1, -0.05) is 12.1 Å². The minimum atomic E-state index is -1.06. The fraction of sp³-hybridized carbons (Fsp3) is 0.263. The quantitative estimate of drug-likeness (QED) is 0.930. The van der Waals surface area contributed by atoms with Crippen molar-refractivity contribution in [3.63, 3.8) is 0 Å². The SMILES string of the molecule is CN1C(=O)C(C)(C)c2cc(CNC(=O)c3ccc(F)c(F)c3)ccc21. The first kappa shape index (κ1) is 17.1. The smallest absolute Gasteiger partial charge is 0.251 e. The Balaban J connectivity index is 1.77. The summed E-state index contributed by atoms with van der Waals surface area (Å²) in [6.07, 6.45) is 0. The van der Waals surface area contributed by atoms with Gasteiger partial charge in [-0.25, -0.2) is 8.78 Å². The minimum Gasteiger partial charge on any atom is -0.348 e. The summed E-state index contributed by atoms with van der Waals surface area (Å²) in [5.74, 6) is -2.53. The maximum Gasteiger partial charge on any atom is 0.251 e. The predicted molar refractivity (Wildman–Crippen MR) is 90.4 cm³/mol. The molecular weight excluding hydrogens is 326 g/mol. The molecule has 1 aliphatic rings. The van der Waals surface area contributed by atoms with E-state index in [-0.39, 0.29) is 18.0 Å². The highest BCUT2D eigenvalue weighted by atomic mass is 19.2. The van der Waals surface area contributed by atoms with E-state index in [1.807, 2.05) is 32.0 Å². The van der Waals surface area contributed by atoms with Crippen LogP contribution in [0.2, 0.25) is 0 Å². The van der Waals surface area contributed by atoms with Crippen LogP contribution in [-0.4, -0.2) is 18.9 Å². The molecule has 0 bridgehead atoms. The highest BCUT2D eigenvalue weighted by Crippen LogP contribution is 2.40. The molecule has 0 atom stereocenters. The van der Waals surface area contributed by atoms with Gasteiger partial charge in [0.05, 0.1) is 5.41 Å². The Hall–Kier alpha value is -2.76. The number of fused-ring (bicyclic) bond motifs is 1. The number of rotatable bonds is 3. The summed E-state index contributed by atoms with van der Waals surface area (Å²) in [5, 5.41) is 2.68. The van der Waals surface area contributed by atoms with E-state index in [4.69, 9.17) is 0 Å². The van der Waals surface area contributed by atoms with Gasteiger partial charge in [0.25, 0.3) is 5.91 Å². The van der Waals surface area contributed by atoms with Crippen LogP contribution < -0.4 is 10.2 Å². The second kappa shape index (κ2) is 5.95. The molecule has 2 amide bonds. The number of nitrogens with zero attached hydrogens (tertiary/aromatic N) is 1. The van der Waals surface area contributed by atoms with Gasteiger partial charge in [0.2, 0.25) is 5.91 Å². The van der Waals surface area contributed by atoms with Gasteiger partial charge in [0, 0.05) is 24.8 Å². The molecule has 1 N–H and O–H groups in total. The summed E-state index contributed by atoms with van der Waals surface area (Å²) < 4.78 is 26.2. The third kappa shape index (κ3) is 2.88. The largest absolute Gasteiger partial charge is 0.348 e. The van der Waals surface area contributed by atoms with Crippen LogP contribution in [0.25, 0.3) is 0 Å². The Labute approximate surface area is 144 Å². The van der Waals surface area contributed by atoms with Gasteiger partial charge in [0.1, 0.15) is 0 Å². The Morgan fingerprint density at radius 1 is 1.12 bits per heavy atom. The predicted octanol–water partition coefficient (Wildman–Crippen LogP) is 3.15. The van der Waals surface area contributed by atoms with Crippen molar-refractivity contribution in [2.75, 3.05) is 11.9 Å². The topological polar surface area (TPSA) is 49.4 Å². The van der Waals surface area contributed by atoms with Gasteiger partial charge in [-0.3, -0.25) is 9.59 Å². The third-order valence-corrected chi connectivity index (χ3v) is 4.57. The zero-order valence-corrected chi connectivity index (χ0v) is 14.2. The lowest BCUT2D eigenvalue weighted by molar-refractivity contribution is -0.121. The molecule has 1 heterocycles. The average molecular weight is 344 g/mol. The number of nitrogens with one attached hydrogen (secondary N) is 1. The van der Waals surface area contributed by atoms with Crippen molar-refractivity contribution in [3.8, 4) is 0 Å². The van der Waals surface area contributed by atoms with Gasteiger partial charge in [0.15, 0.2) is 11.6 Å². The summed E-state index contributed by atoms with van der Waals surface area (Å²) in [4.78, 5) is 26.0. The summed E-state index contributed by atoms with van der Waals surface area (Å²) in [7, 11) is 1.74. The van der Waals surface area contributed by atoms with Crippen LogP contribution in [0.4, 0.5) is 14.5 Å². The first-order valence-corrected chi connectivity index (χ1v) is 7.86. The molecule has 25 heavy (non-hydrogen) atoms. The number of carbonyl (C=O) groups excluding carboxylic acids is 2. The Kier molecular flexibility index (Phi) is 4.06. The monoisotopic (exact) mass is 344 g/mol. The van der Waals surface area contributed by atoms with Crippen molar-refractivity contribution in [1.29, 1.82) is 0 Å². The Morgan fingerprint density at radius 3 is 2.52 bits per heavy atom. The number of benzene rings is 2. The standard InChI is InChI=1S/C19H18F2N2O2/c1-19(2)13-8-11(4-7-16(13)23(3)18(19)25)10-22-17(24)12-5-6-14(20)15(21)9-12/h4-9H,10H2,1-3H3,(H,22,24). The third-order valence-electron chi connectivity index (χ3n) is 4.57. The summed E-state index contributed by atoms with van der Waals surface area (Å²) in [6.45, 7) is 3.95. The molecule has 1 aliphatic heterocycles. The van der Waals surface area contributed by atoms with Crippen LogP contribution in [0.15, 0.2) is 36.4 Å². The van der Waals surface area contributed by atoms with Crippen LogP contribution in [0.1, 0.15) is 35.3 Å². The van der Waals surface area contributed by atoms with Gasteiger partial charge in [-0.2, -0.15) is 0 Å². The van der Waals surface area contributed by atoms with Gasteiger partial charge in [-0.15, -0.1) is 0 Å². The van der Waals surface area contributed by atoms with Crippen molar-refractivity contribution < 1.29 is 18.4 Å². The van der Waals surface area contributed by atoms with E-state index in [1.54, 1.807) is 11.9 Å². The van der Waals surface area contributed by atoms with E-state index in [1.165, 1.54) is 6.07 Å². The van der Waals surface area contributed by atoms with Crippen molar-refractivity contribution in [1.82, 2.24) is 5.32 Å². The molecule has 2 aromatic carbocycles. The molecule has 0 saturated carbocycles. The van der Waals surface area contributed by atoms with Crippen LogP contribution in [-0.2, 0) is 16.8 Å². The van der Waals surface area contributed by atoms with Crippen molar-refractivity contribution in [2.45, 2.75) is 25.8 Å². The number of halogens is 2. The molecular formula is C19H18F2N2O2. The van der Waals surface area contributed by atoms with Crippen LogP contribution >= 0.6 is 0 Å². The lowest BCUT2D eigenvalue weighted by atomic mass is 9.85. The van der Waals surface area contributed by atoms with Crippen molar-refractivity contribution in [3.05, 3.63) is 64.7 Å². The number of amides is 2. The van der Waals surface area contributed by atoms with Crippen molar-refractivity contribution >= 4 is 17.5 Å². The molecule has 3 rings (SSSR count). The van der Waals surface area contributed by atoms with E-state index < -0.39 is 23.0 Å². The summed E-state index contributed by atoms with van der Waals surface area (Å²) >= 11 is 0. The number of hydrogen-bond donors (Lipinski definition) is 1. The lowest BCUT2D eigenvalue weighted by Crippen LogP contribution is -2.33. The molecule has 0 aromatic heterocycles. The maximum atomic E-state index is 13.2. The van der Waals surface area contributed by atoms with E-state index in [0.29, 0.717) is 0 Å². The molecule has 0 spiro atoms. The number of anilines is 1. The summed E-state index contributed by atoms with van der Waals surface area (Å²) in [5.41, 5.74) is 2.01. The normalized spacial score (nSPS) is 15.2. The highest BCUT2D eigenvalue weighted by Gasteiger charge is 2.42. The van der Waals surface area contributed by atoms with Crippen LogP contribution in [0.3, 0.4) is 0 Å². The summed E-state index contributed by atoms with van der Waals surface area (Å²) in [6, 6.07) is 8.58. The molecule has 2 aromatic rings. The minimum absolute atomic E-state index is 0.0190. The second-order valence-corrected chi connectivity index (χ2v) is 6.65. The first-order chi connectivity index (χ1) is 11.7. The number of likely N-dealkylation sites (N-methyl/N-ethyl adjacent to an activating group) is 1. The maximum absolute atomic E-state index is 13.2. The van der Waals surface area contributed by atoms with E-state index >= 15 is 0 Å². The fourth-order valence-corrected chi connectivity index (χ4v) is 3.05. The van der Waals surface area contributed by atoms with Gasteiger partial charge in [-0.05, 0) is 49.2 Å². The van der Waals surface area contributed by atoms with Crippen molar-refractivity contribution in [2.24, 2.45) is 0 Å². The number of carbonyl (C=O) groups is 2. The first-order valence-electron chi connectivity index (χ1n) is 7.86. The van der Waals surface area contributed by atoms with Crippen LogP contribution in [0.5, 0.6) is 0 Å². The van der Waals surface area contributed by atoms with Crippen LogP contribution in [0, 0.1) is 11.6 Å². The highest BCUT2D eigenvalue weighted by molar-refractivity contribution is 6.07. The Morgan fingerprint density at radius 2 is 1.84 bits per heavy atom. The van der Waals surface area contributed by atoms with E-state index in [2.05, 4.69) is 5.32 Å². The molecule has 0 fully saturated rings. The number of hydrogen-bond acceptors (Lipinski definition) is 2. The molecule has 0 aliphatic carbocycles. The zero-order valence-electron chi connectivity index (χ0n) is 14.2. The second-order valence-electron chi connectivity index (χ2n) is 6.65. The zero-order chi connectivity index (χ0) is 18.4. The molecule has 0 radical (unpaired) electrons. The molecule has 130 valence electrons. The lowest BCUT2D eigenvalue weighted by Gasteiger charge is -2.16. The van der Waals surface area contributed by atoms with E-state index in [9.17, 15) is 18.4 Å². The van der Waals surface area contributed by atoms with Gasteiger partial charge >= 0.3 is 0 Å². The molecule has 4 nitrogen and oxygen atoms in total. The molecule has 0 unspecified atom stereocenters. The average Bonchev–Trinajstić information content (AvgIpc) is 2.76. The van der Waals surface area contributed by atoms with E-state index in [0.717, 1.165) is 28.9 Å². The molecule has 0 saturated heterocycles. The fourth-order valence-electron chi connectivity index (χ4n) is 3.05. The molecule has 6 heteroatoms. The Bertz CT molecular complexity index is 878.